The molecular formula is C23H20N2O5. The fourth-order valence-electron chi connectivity index (χ4n) is 4.69. The lowest BCUT2D eigenvalue weighted by Crippen LogP contribution is -2.49. The van der Waals surface area contributed by atoms with Crippen molar-refractivity contribution in [2.24, 2.45) is 0 Å². The fraction of sp³-hybridized carbons (Fsp3) is 0.304. The van der Waals surface area contributed by atoms with E-state index in [1.54, 1.807) is 41.3 Å². The van der Waals surface area contributed by atoms with E-state index in [1.165, 1.54) is 0 Å². The number of fused-ring (bicyclic) bond motifs is 3. The maximum Gasteiger partial charge on any atom is 0.339 e. The van der Waals surface area contributed by atoms with E-state index in [0.29, 0.717) is 36.1 Å². The molecule has 1 atom stereocenters. The molecule has 2 aromatic carbocycles. The van der Waals surface area contributed by atoms with Gasteiger partial charge in [-0.1, -0.05) is 30.3 Å². The minimum absolute atomic E-state index is 0.0328. The average molecular weight is 404 g/mol. The molecule has 1 unspecified atom stereocenters. The summed E-state index contributed by atoms with van der Waals surface area (Å²) < 4.78 is 5.74. The molecule has 30 heavy (non-hydrogen) atoms. The maximum atomic E-state index is 12.9. The number of carbonyl (C=O) groups excluding carboxylic acids is 4. The zero-order valence-corrected chi connectivity index (χ0v) is 16.3. The summed E-state index contributed by atoms with van der Waals surface area (Å²) in [6, 6.07) is 14.0. The van der Waals surface area contributed by atoms with Gasteiger partial charge in [-0.25, -0.2) is 4.79 Å². The summed E-state index contributed by atoms with van der Waals surface area (Å²) in [7, 11) is 0. The zero-order valence-electron chi connectivity index (χ0n) is 16.3. The molecule has 1 spiro atoms. The lowest BCUT2D eigenvalue weighted by atomic mass is 9.85. The van der Waals surface area contributed by atoms with Crippen LogP contribution in [0.1, 0.15) is 55.9 Å². The molecule has 0 saturated carbocycles. The van der Waals surface area contributed by atoms with Crippen LogP contribution in [0, 0.1) is 0 Å². The van der Waals surface area contributed by atoms with Crippen LogP contribution in [0.2, 0.25) is 0 Å². The van der Waals surface area contributed by atoms with Crippen molar-refractivity contribution in [3.05, 3.63) is 70.8 Å². The van der Waals surface area contributed by atoms with E-state index in [2.05, 4.69) is 0 Å². The lowest BCUT2D eigenvalue weighted by Gasteiger charge is -2.39. The van der Waals surface area contributed by atoms with Crippen molar-refractivity contribution in [3.8, 4) is 0 Å². The Kier molecular flexibility index (Phi) is 4.20. The van der Waals surface area contributed by atoms with Gasteiger partial charge in [0.2, 0.25) is 5.91 Å². The van der Waals surface area contributed by atoms with E-state index in [0.717, 1.165) is 10.5 Å². The molecule has 3 amide bonds. The molecule has 3 aliphatic heterocycles. The predicted octanol–water partition coefficient (Wildman–Crippen LogP) is 2.36. The van der Waals surface area contributed by atoms with E-state index < -0.39 is 5.60 Å². The first-order valence-corrected chi connectivity index (χ1v) is 10.1. The topological polar surface area (TPSA) is 84.0 Å². The van der Waals surface area contributed by atoms with Crippen LogP contribution >= 0.6 is 0 Å². The number of hydrogen-bond acceptors (Lipinski definition) is 5. The first-order chi connectivity index (χ1) is 14.5. The molecule has 1 fully saturated rings. The number of carbonyl (C=O) groups is 4. The minimum Gasteiger partial charge on any atom is -0.449 e. The number of rotatable bonds is 3. The number of hydrogen-bond donors (Lipinski definition) is 0. The van der Waals surface area contributed by atoms with E-state index in [1.807, 2.05) is 12.1 Å². The number of nitrogens with zero attached hydrogens (tertiary/aromatic N) is 2. The Bertz CT molecular complexity index is 1060. The zero-order chi connectivity index (χ0) is 20.9. The third kappa shape index (κ3) is 2.73. The number of ether oxygens (including phenoxy) is 1. The van der Waals surface area contributed by atoms with Crippen molar-refractivity contribution in [2.75, 3.05) is 19.6 Å². The van der Waals surface area contributed by atoms with E-state index in [4.69, 9.17) is 4.74 Å². The molecule has 3 aliphatic rings. The van der Waals surface area contributed by atoms with Gasteiger partial charge in [0.25, 0.3) is 11.8 Å². The molecule has 7 heteroatoms. The van der Waals surface area contributed by atoms with Crippen molar-refractivity contribution >= 4 is 23.7 Å². The van der Waals surface area contributed by atoms with Crippen molar-refractivity contribution in [3.63, 3.8) is 0 Å². The molecular weight excluding hydrogens is 384 g/mol. The number of amides is 3. The van der Waals surface area contributed by atoms with Crippen molar-refractivity contribution < 1.29 is 23.9 Å². The maximum absolute atomic E-state index is 12.9. The largest absolute Gasteiger partial charge is 0.449 e. The molecule has 0 N–H and O–H groups in total. The van der Waals surface area contributed by atoms with Crippen LogP contribution in [-0.4, -0.2) is 53.1 Å². The molecule has 3 heterocycles. The van der Waals surface area contributed by atoms with Gasteiger partial charge in [0.1, 0.15) is 0 Å². The molecule has 152 valence electrons. The van der Waals surface area contributed by atoms with Crippen molar-refractivity contribution in [1.29, 1.82) is 0 Å². The highest BCUT2D eigenvalue weighted by Crippen LogP contribution is 2.42. The van der Waals surface area contributed by atoms with Crippen LogP contribution in [0.4, 0.5) is 0 Å². The molecule has 1 saturated heterocycles. The molecule has 5 rings (SSSR count). The second-order valence-electron chi connectivity index (χ2n) is 7.91. The highest BCUT2D eigenvalue weighted by atomic mass is 16.6. The van der Waals surface area contributed by atoms with Gasteiger partial charge in [0, 0.05) is 25.1 Å². The predicted molar refractivity (Wildman–Crippen MR) is 106 cm³/mol. The minimum atomic E-state index is -0.808. The summed E-state index contributed by atoms with van der Waals surface area (Å²) >= 11 is 0. The third-order valence-corrected chi connectivity index (χ3v) is 6.16. The Morgan fingerprint density at radius 2 is 1.57 bits per heavy atom. The van der Waals surface area contributed by atoms with Crippen LogP contribution in [0.3, 0.4) is 0 Å². The quantitative estimate of drug-likeness (QED) is 0.579. The molecule has 0 aromatic heterocycles. The van der Waals surface area contributed by atoms with Gasteiger partial charge >= 0.3 is 5.97 Å². The summed E-state index contributed by atoms with van der Waals surface area (Å²) in [5.41, 5.74) is 1.32. The van der Waals surface area contributed by atoms with Crippen LogP contribution in [0.15, 0.2) is 48.5 Å². The number of piperidine rings is 1. The summed E-state index contributed by atoms with van der Waals surface area (Å²) in [6.45, 7) is 0.879. The number of likely N-dealkylation sites (tertiary alicyclic amines) is 1. The summed E-state index contributed by atoms with van der Waals surface area (Å²) in [5, 5.41) is 0. The summed E-state index contributed by atoms with van der Waals surface area (Å²) in [6.07, 6.45) is 1.41. The third-order valence-electron chi connectivity index (χ3n) is 6.16. The molecule has 0 aliphatic carbocycles. The SMILES string of the molecule is O=C1OC2(CCCN(C(=O)CCN3C(=O)c4ccccc4C3=O)C2)c2ccccc21. The Balaban J connectivity index is 1.29. The second-order valence-corrected chi connectivity index (χ2v) is 7.91. The van der Waals surface area contributed by atoms with E-state index >= 15 is 0 Å². The van der Waals surface area contributed by atoms with Gasteiger partial charge in [-0.3, -0.25) is 19.3 Å². The van der Waals surface area contributed by atoms with Crippen LogP contribution in [0.25, 0.3) is 0 Å². The van der Waals surface area contributed by atoms with Gasteiger partial charge in [0.05, 0.1) is 23.2 Å². The monoisotopic (exact) mass is 404 g/mol. The van der Waals surface area contributed by atoms with Crippen molar-refractivity contribution in [2.45, 2.75) is 24.9 Å². The Labute approximate surface area is 173 Å². The standard InChI is InChI=1S/C23H20N2O5/c26-19(10-13-25-20(27)15-6-1-2-7-16(15)21(25)28)24-12-5-11-23(14-24)18-9-4-3-8-17(18)22(29)30-23/h1-4,6-9H,5,10-14H2. The van der Waals surface area contributed by atoms with Gasteiger partial charge in [0.15, 0.2) is 5.60 Å². The number of imide groups is 1. The molecule has 0 radical (unpaired) electrons. The van der Waals surface area contributed by atoms with Crippen LogP contribution in [-0.2, 0) is 15.1 Å². The highest BCUT2D eigenvalue weighted by Gasteiger charge is 2.48. The second kappa shape index (κ2) is 6.79. The Morgan fingerprint density at radius 3 is 2.27 bits per heavy atom. The number of benzene rings is 2. The molecule has 7 nitrogen and oxygen atoms in total. The Hall–Kier alpha value is -3.48. The first-order valence-electron chi connectivity index (χ1n) is 10.1. The van der Waals surface area contributed by atoms with Gasteiger partial charge < -0.3 is 9.64 Å². The molecule has 2 aromatic rings. The average Bonchev–Trinajstić information content (AvgIpc) is 3.18. The van der Waals surface area contributed by atoms with Gasteiger partial charge in [-0.15, -0.1) is 0 Å². The van der Waals surface area contributed by atoms with Gasteiger partial charge in [-0.2, -0.15) is 0 Å². The first kappa shape index (κ1) is 18.5. The van der Waals surface area contributed by atoms with Crippen LogP contribution < -0.4 is 0 Å². The fourth-order valence-corrected chi connectivity index (χ4v) is 4.69. The van der Waals surface area contributed by atoms with Gasteiger partial charge in [-0.05, 0) is 31.0 Å². The Morgan fingerprint density at radius 1 is 0.933 bits per heavy atom. The highest BCUT2D eigenvalue weighted by molar-refractivity contribution is 6.21. The molecule has 0 bridgehead atoms. The van der Waals surface area contributed by atoms with E-state index in [9.17, 15) is 19.2 Å². The summed E-state index contributed by atoms with van der Waals surface area (Å²) in [4.78, 5) is 53.0. The lowest BCUT2D eigenvalue weighted by molar-refractivity contribution is -0.138. The normalized spacial score (nSPS) is 22.3. The van der Waals surface area contributed by atoms with E-state index in [-0.39, 0.29) is 43.2 Å². The smallest absolute Gasteiger partial charge is 0.339 e. The van der Waals surface area contributed by atoms with Crippen LogP contribution in [0.5, 0.6) is 0 Å². The summed E-state index contributed by atoms with van der Waals surface area (Å²) in [5.74, 6) is -1.24. The number of esters is 1. The van der Waals surface area contributed by atoms with Crippen molar-refractivity contribution in [1.82, 2.24) is 9.80 Å².